The van der Waals surface area contributed by atoms with Gasteiger partial charge in [-0.2, -0.15) is 0 Å². The average Bonchev–Trinajstić information content (AvgIpc) is 3.57. The van der Waals surface area contributed by atoms with Crippen LogP contribution >= 0.6 is 0 Å². The maximum absolute atomic E-state index is 5.27. The van der Waals surface area contributed by atoms with Crippen molar-refractivity contribution in [2.75, 3.05) is 0 Å². The Morgan fingerprint density at radius 1 is 0.655 bits per heavy atom. The van der Waals surface area contributed by atoms with Crippen molar-refractivity contribution in [1.82, 2.24) is 9.88 Å². The number of hydrogen-bond donors (Lipinski definition) is 1. The molecule has 2 unspecified atom stereocenters. The molecular formula is C51H46N4. The van der Waals surface area contributed by atoms with Crippen LogP contribution in [0.4, 0.5) is 0 Å². The number of allylic oxidation sites excluding steroid dienone is 4. The topological polar surface area (TPSA) is 41.7 Å². The third kappa shape index (κ3) is 5.74. The molecule has 2 aliphatic carbocycles. The molecule has 7 aromatic rings. The third-order valence-corrected chi connectivity index (χ3v) is 12.4. The SMILES string of the molecule is CC1(C)CCC(C)(C)c2c1ccc1c3ccccc3n(-c3ccc4ccc(C5N=C(c6ccc(C7C=CC=CC7)cc6)N=C(c6ccccc6)N5)cc4c3)c21. The van der Waals surface area contributed by atoms with E-state index in [1.807, 2.05) is 6.07 Å². The van der Waals surface area contributed by atoms with E-state index in [4.69, 9.17) is 9.98 Å². The predicted molar refractivity (Wildman–Crippen MR) is 231 cm³/mol. The first-order valence-electron chi connectivity index (χ1n) is 19.8. The molecule has 0 saturated carbocycles. The van der Waals surface area contributed by atoms with Gasteiger partial charge in [0.25, 0.3) is 0 Å². The van der Waals surface area contributed by atoms with Crippen LogP contribution in [-0.4, -0.2) is 16.2 Å². The lowest BCUT2D eigenvalue weighted by Crippen LogP contribution is -2.34. The third-order valence-electron chi connectivity index (χ3n) is 12.4. The summed E-state index contributed by atoms with van der Waals surface area (Å²) in [5.41, 5.74) is 11.4. The molecule has 4 nitrogen and oxygen atoms in total. The lowest BCUT2D eigenvalue weighted by Gasteiger charge is -2.42. The van der Waals surface area contributed by atoms with Gasteiger partial charge >= 0.3 is 0 Å². The average molecular weight is 715 g/mol. The van der Waals surface area contributed by atoms with Gasteiger partial charge in [0.05, 0.1) is 11.0 Å². The monoisotopic (exact) mass is 714 g/mol. The molecule has 3 aliphatic rings. The van der Waals surface area contributed by atoms with Crippen molar-refractivity contribution in [1.29, 1.82) is 0 Å². The van der Waals surface area contributed by atoms with Crippen LogP contribution in [0.15, 0.2) is 162 Å². The summed E-state index contributed by atoms with van der Waals surface area (Å²) in [5, 5.41) is 8.72. The van der Waals surface area contributed by atoms with Crippen LogP contribution < -0.4 is 5.32 Å². The molecule has 0 bridgehead atoms. The molecule has 270 valence electrons. The lowest BCUT2D eigenvalue weighted by atomic mass is 9.62. The molecule has 1 aromatic heterocycles. The molecule has 0 amide bonds. The Hall–Kier alpha value is -6.00. The van der Waals surface area contributed by atoms with Crippen LogP contribution in [0.3, 0.4) is 0 Å². The maximum Gasteiger partial charge on any atom is 0.159 e. The largest absolute Gasteiger partial charge is 0.344 e. The number of fused-ring (bicyclic) bond motifs is 6. The standard InChI is InChI=1S/C51H46N4/c1-50(2)29-30-51(3,4)45-43(50)28-27-42-41-17-11-12-18-44(41)55(46(42)45)40-26-25-35-21-24-38(31-39(35)32-40)49-53-47(36-15-9-6-10-16-36)52-48(54-49)37-22-19-34(20-23-37)33-13-7-5-8-14-33/h5-13,15-28,31-33,49H,14,29-30H2,1-4H3,(H,52,53,54). The van der Waals surface area contributed by atoms with Crippen LogP contribution in [0.1, 0.15) is 92.4 Å². The summed E-state index contributed by atoms with van der Waals surface area (Å²) >= 11 is 0. The molecule has 10 rings (SSSR count). The minimum absolute atomic E-state index is 0.0610. The quantitative estimate of drug-likeness (QED) is 0.189. The number of hydrogen-bond acceptors (Lipinski definition) is 3. The van der Waals surface area contributed by atoms with Crippen molar-refractivity contribution in [3.05, 3.63) is 185 Å². The Bertz CT molecular complexity index is 2760. The summed E-state index contributed by atoms with van der Waals surface area (Å²) < 4.78 is 2.54. The highest BCUT2D eigenvalue weighted by Crippen LogP contribution is 2.50. The van der Waals surface area contributed by atoms with E-state index in [0.29, 0.717) is 5.92 Å². The number of aliphatic imine (C=N–C) groups is 2. The minimum Gasteiger partial charge on any atom is -0.344 e. The van der Waals surface area contributed by atoms with E-state index >= 15 is 0 Å². The highest BCUT2D eigenvalue weighted by molar-refractivity contribution is 6.13. The van der Waals surface area contributed by atoms with Gasteiger partial charge < -0.3 is 9.88 Å². The second-order valence-electron chi connectivity index (χ2n) is 16.9. The van der Waals surface area contributed by atoms with Crippen molar-refractivity contribution in [3.63, 3.8) is 0 Å². The van der Waals surface area contributed by atoms with Crippen molar-refractivity contribution < 1.29 is 0 Å². The van der Waals surface area contributed by atoms with Gasteiger partial charge in [0.15, 0.2) is 5.84 Å². The van der Waals surface area contributed by atoms with Gasteiger partial charge in [-0.15, -0.1) is 0 Å². The maximum atomic E-state index is 5.27. The Labute approximate surface area is 323 Å². The normalized spacial score (nSPS) is 19.9. The molecule has 0 spiro atoms. The second kappa shape index (κ2) is 12.8. The fourth-order valence-corrected chi connectivity index (χ4v) is 9.22. The number of rotatable bonds is 5. The Balaban J connectivity index is 1.10. The minimum atomic E-state index is -0.301. The number of nitrogens with zero attached hydrogens (tertiary/aromatic N) is 3. The van der Waals surface area contributed by atoms with Gasteiger partial charge in [0.1, 0.15) is 12.0 Å². The van der Waals surface area contributed by atoms with Gasteiger partial charge in [0.2, 0.25) is 0 Å². The number of amidine groups is 2. The van der Waals surface area contributed by atoms with Gasteiger partial charge in [0, 0.05) is 33.5 Å². The predicted octanol–water partition coefficient (Wildman–Crippen LogP) is 12.4. The summed E-state index contributed by atoms with van der Waals surface area (Å²) in [6, 6.07) is 46.6. The molecule has 2 heterocycles. The number of para-hydroxylation sites is 1. The van der Waals surface area contributed by atoms with Gasteiger partial charge in [-0.05, 0) is 87.4 Å². The zero-order valence-corrected chi connectivity index (χ0v) is 32.1. The molecule has 0 radical (unpaired) electrons. The van der Waals surface area contributed by atoms with Gasteiger partial charge in [-0.1, -0.05) is 155 Å². The Kier molecular flexibility index (Phi) is 7.81. The van der Waals surface area contributed by atoms with Crippen LogP contribution in [0.2, 0.25) is 0 Å². The molecule has 1 aliphatic heterocycles. The number of aromatic nitrogens is 1. The van der Waals surface area contributed by atoms with Crippen LogP contribution in [-0.2, 0) is 10.8 Å². The summed E-state index contributed by atoms with van der Waals surface area (Å²) in [6.45, 7) is 9.71. The van der Waals surface area contributed by atoms with Crippen molar-refractivity contribution in [2.24, 2.45) is 9.98 Å². The zero-order valence-electron chi connectivity index (χ0n) is 32.1. The van der Waals surface area contributed by atoms with E-state index in [0.717, 1.165) is 34.8 Å². The van der Waals surface area contributed by atoms with E-state index < -0.39 is 0 Å². The fourth-order valence-electron chi connectivity index (χ4n) is 9.22. The summed E-state index contributed by atoms with van der Waals surface area (Å²) in [6.07, 6.45) is 11.9. The fraction of sp³-hybridized carbons (Fsp3) is 0.216. The Morgan fingerprint density at radius 2 is 1.42 bits per heavy atom. The van der Waals surface area contributed by atoms with E-state index in [2.05, 4.69) is 183 Å². The van der Waals surface area contributed by atoms with Crippen LogP contribution in [0, 0.1) is 0 Å². The van der Waals surface area contributed by atoms with Crippen molar-refractivity contribution in [2.45, 2.75) is 69.9 Å². The molecule has 0 saturated heterocycles. The second-order valence-corrected chi connectivity index (χ2v) is 16.9. The van der Waals surface area contributed by atoms with E-state index in [1.165, 1.54) is 67.8 Å². The molecule has 2 atom stereocenters. The molecule has 6 aromatic carbocycles. The Morgan fingerprint density at radius 3 is 2.24 bits per heavy atom. The van der Waals surface area contributed by atoms with Gasteiger partial charge in [-0.3, -0.25) is 0 Å². The summed E-state index contributed by atoms with van der Waals surface area (Å²) in [5.74, 6) is 1.97. The first kappa shape index (κ1) is 33.6. The molecule has 0 fully saturated rings. The van der Waals surface area contributed by atoms with Gasteiger partial charge in [-0.25, -0.2) is 9.98 Å². The van der Waals surface area contributed by atoms with Crippen LogP contribution in [0.25, 0.3) is 38.3 Å². The van der Waals surface area contributed by atoms with Crippen molar-refractivity contribution in [3.8, 4) is 5.69 Å². The lowest BCUT2D eigenvalue weighted by molar-refractivity contribution is 0.334. The highest BCUT2D eigenvalue weighted by atomic mass is 15.2. The molecule has 55 heavy (non-hydrogen) atoms. The van der Waals surface area contributed by atoms with Crippen LogP contribution in [0.5, 0.6) is 0 Å². The number of nitrogens with one attached hydrogen (secondary N) is 1. The number of benzene rings is 6. The summed E-state index contributed by atoms with van der Waals surface area (Å²) in [4.78, 5) is 10.4. The summed E-state index contributed by atoms with van der Waals surface area (Å²) in [7, 11) is 0. The van der Waals surface area contributed by atoms with Crippen molar-refractivity contribution >= 4 is 44.2 Å². The first-order valence-corrected chi connectivity index (χ1v) is 19.8. The molecular weight excluding hydrogens is 669 g/mol. The highest BCUT2D eigenvalue weighted by Gasteiger charge is 2.39. The van der Waals surface area contributed by atoms with E-state index in [-0.39, 0.29) is 17.0 Å². The molecule has 1 N–H and O–H groups in total. The smallest absolute Gasteiger partial charge is 0.159 e. The molecule has 4 heteroatoms. The first-order chi connectivity index (χ1) is 26.7. The zero-order chi connectivity index (χ0) is 37.3. The van der Waals surface area contributed by atoms with E-state index in [9.17, 15) is 0 Å². The van der Waals surface area contributed by atoms with E-state index in [1.54, 1.807) is 0 Å².